The van der Waals surface area contributed by atoms with Crippen molar-refractivity contribution in [2.24, 2.45) is 0 Å². The van der Waals surface area contributed by atoms with Gasteiger partial charge in [-0.25, -0.2) is 4.98 Å². The van der Waals surface area contributed by atoms with E-state index < -0.39 is 0 Å². The Morgan fingerprint density at radius 3 is 2.35 bits per heavy atom. The molecule has 34 heavy (non-hydrogen) atoms. The zero-order valence-corrected chi connectivity index (χ0v) is 19.6. The SMILES string of the molecule is Cc1ccccc1OCC(=O)N1CCN(Cc2nc3ccccc3n2Cc2ccccc2)CC1. The Balaban J connectivity index is 1.22. The maximum absolute atomic E-state index is 12.7. The van der Waals surface area contributed by atoms with Gasteiger partial charge in [-0.3, -0.25) is 9.69 Å². The number of hydrogen-bond acceptors (Lipinski definition) is 4. The lowest BCUT2D eigenvalue weighted by Gasteiger charge is -2.34. The van der Waals surface area contributed by atoms with Crippen LogP contribution in [0.5, 0.6) is 5.75 Å². The Morgan fingerprint density at radius 1 is 0.853 bits per heavy atom. The van der Waals surface area contributed by atoms with Gasteiger partial charge in [0.15, 0.2) is 6.61 Å². The summed E-state index contributed by atoms with van der Waals surface area (Å²) in [6, 6.07) is 26.6. The van der Waals surface area contributed by atoms with Gasteiger partial charge in [0.1, 0.15) is 11.6 Å². The van der Waals surface area contributed by atoms with Gasteiger partial charge in [0.05, 0.1) is 17.6 Å². The number of fused-ring (bicyclic) bond motifs is 1. The molecule has 0 N–H and O–H groups in total. The molecule has 1 saturated heterocycles. The molecule has 0 spiro atoms. The van der Waals surface area contributed by atoms with Crippen LogP contribution in [0.1, 0.15) is 17.0 Å². The number of benzene rings is 3. The minimum atomic E-state index is 0.0409. The van der Waals surface area contributed by atoms with Crippen LogP contribution >= 0.6 is 0 Å². The van der Waals surface area contributed by atoms with Crippen molar-refractivity contribution in [3.8, 4) is 5.75 Å². The van der Waals surface area contributed by atoms with E-state index in [-0.39, 0.29) is 12.5 Å². The Hall–Kier alpha value is -3.64. The number of hydrogen-bond donors (Lipinski definition) is 0. The monoisotopic (exact) mass is 454 g/mol. The second kappa shape index (κ2) is 10.1. The fourth-order valence-electron chi connectivity index (χ4n) is 4.49. The van der Waals surface area contributed by atoms with Crippen LogP contribution in [0.2, 0.25) is 0 Å². The summed E-state index contributed by atoms with van der Waals surface area (Å²) >= 11 is 0. The number of amides is 1. The molecule has 6 nitrogen and oxygen atoms in total. The summed E-state index contributed by atoms with van der Waals surface area (Å²) in [5.74, 6) is 1.87. The van der Waals surface area contributed by atoms with E-state index >= 15 is 0 Å². The number of carbonyl (C=O) groups excluding carboxylic acids is 1. The van der Waals surface area contributed by atoms with Crippen LogP contribution in [0.4, 0.5) is 0 Å². The molecule has 6 heteroatoms. The topological polar surface area (TPSA) is 50.6 Å². The second-order valence-electron chi connectivity index (χ2n) is 8.80. The zero-order chi connectivity index (χ0) is 23.3. The van der Waals surface area contributed by atoms with Crippen molar-refractivity contribution >= 4 is 16.9 Å². The first-order valence-corrected chi connectivity index (χ1v) is 11.8. The van der Waals surface area contributed by atoms with Crippen LogP contribution < -0.4 is 4.74 Å². The van der Waals surface area contributed by atoms with Gasteiger partial charge in [-0.15, -0.1) is 0 Å². The Morgan fingerprint density at radius 2 is 1.56 bits per heavy atom. The number of para-hydroxylation sites is 3. The number of aromatic nitrogens is 2. The van der Waals surface area contributed by atoms with Gasteiger partial charge >= 0.3 is 0 Å². The molecule has 174 valence electrons. The van der Waals surface area contributed by atoms with E-state index in [9.17, 15) is 4.79 Å². The van der Waals surface area contributed by atoms with Gasteiger partial charge in [-0.2, -0.15) is 0 Å². The summed E-state index contributed by atoms with van der Waals surface area (Å²) in [5, 5.41) is 0. The molecular formula is C28H30N4O2. The zero-order valence-electron chi connectivity index (χ0n) is 19.6. The highest BCUT2D eigenvalue weighted by Crippen LogP contribution is 2.20. The average Bonchev–Trinajstić information content (AvgIpc) is 3.21. The first-order valence-electron chi connectivity index (χ1n) is 11.8. The van der Waals surface area contributed by atoms with E-state index in [0.29, 0.717) is 13.1 Å². The first kappa shape index (κ1) is 22.2. The Labute approximate surface area is 200 Å². The van der Waals surface area contributed by atoms with Gasteiger partial charge in [-0.1, -0.05) is 60.7 Å². The van der Waals surface area contributed by atoms with E-state index in [1.807, 2.05) is 48.2 Å². The molecule has 0 aliphatic carbocycles. The normalized spacial score (nSPS) is 14.4. The minimum absolute atomic E-state index is 0.0409. The summed E-state index contributed by atoms with van der Waals surface area (Å²) in [6.07, 6.45) is 0. The lowest BCUT2D eigenvalue weighted by molar-refractivity contribution is -0.135. The molecule has 1 amide bonds. The van der Waals surface area contributed by atoms with Crippen LogP contribution in [-0.2, 0) is 17.9 Å². The molecule has 0 saturated carbocycles. The van der Waals surface area contributed by atoms with Crippen molar-refractivity contribution in [1.82, 2.24) is 19.4 Å². The van der Waals surface area contributed by atoms with E-state index in [4.69, 9.17) is 9.72 Å². The Bertz CT molecular complexity index is 1260. The predicted octanol–water partition coefficient (Wildman–Crippen LogP) is 4.12. The number of carbonyl (C=O) groups is 1. The number of imidazole rings is 1. The number of nitrogens with zero attached hydrogens (tertiary/aromatic N) is 4. The van der Waals surface area contributed by atoms with Crippen LogP contribution in [-0.4, -0.2) is 58.0 Å². The third-order valence-corrected chi connectivity index (χ3v) is 6.45. The van der Waals surface area contributed by atoms with Gasteiger partial charge in [0.2, 0.25) is 0 Å². The summed E-state index contributed by atoms with van der Waals surface area (Å²) in [7, 11) is 0. The summed E-state index contributed by atoms with van der Waals surface area (Å²) in [5.41, 5.74) is 4.48. The number of ether oxygens (including phenoxy) is 1. The molecular weight excluding hydrogens is 424 g/mol. The smallest absolute Gasteiger partial charge is 0.260 e. The highest BCUT2D eigenvalue weighted by molar-refractivity contribution is 5.78. The molecule has 1 aromatic heterocycles. The summed E-state index contributed by atoms with van der Waals surface area (Å²) in [4.78, 5) is 21.9. The quantitative estimate of drug-likeness (QED) is 0.422. The third kappa shape index (κ3) is 4.97. The molecule has 0 atom stereocenters. The van der Waals surface area contributed by atoms with E-state index in [2.05, 4.69) is 51.9 Å². The van der Waals surface area contributed by atoms with Gasteiger partial charge in [-0.05, 0) is 36.2 Å². The lowest BCUT2D eigenvalue weighted by Crippen LogP contribution is -2.49. The molecule has 5 rings (SSSR count). The lowest BCUT2D eigenvalue weighted by atomic mass is 10.2. The van der Waals surface area contributed by atoms with E-state index in [1.165, 1.54) is 5.56 Å². The van der Waals surface area contributed by atoms with Gasteiger partial charge < -0.3 is 14.2 Å². The Kier molecular flexibility index (Phi) is 6.58. The first-order chi connectivity index (χ1) is 16.7. The third-order valence-electron chi connectivity index (χ3n) is 6.45. The molecule has 0 bridgehead atoms. The fourth-order valence-corrected chi connectivity index (χ4v) is 4.49. The number of piperazine rings is 1. The van der Waals surface area contributed by atoms with Crippen molar-refractivity contribution in [2.75, 3.05) is 32.8 Å². The van der Waals surface area contributed by atoms with Crippen molar-refractivity contribution in [1.29, 1.82) is 0 Å². The highest BCUT2D eigenvalue weighted by atomic mass is 16.5. The minimum Gasteiger partial charge on any atom is -0.484 e. The molecule has 1 aliphatic heterocycles. The molecule has 4 aromatic rings. The van der Waals surface area contributed by atoms with Crippen LogP contribution in [0.15, 0.2) is 78.9 Å². The molecule has 0 radical (unpaired) electrons. The number of rotatable bonds is 7. The van der Waals surface area contributed by atoms with E-state index in [0.717, 1.165) is 54.3 Å². The standard InChI is InChI=1S/C28H30N4O2/c1-22-9-5-8-14-26(22)34-21-28(33)31-17-15-30(16-18-31)20-27-29-24-12-6-7-13-25(24)32(27)19-23-10-3-2-4-11-23/h2-14H,15-21H2,1H3. The fraction of sp³-hybridized carbons (Fsp3) is 0.286. The van der Waals surface area contributed by atoms with Crippen molar-refractivity contribution in [2.45, 2.75) is 20.0 Å². The van der Waals surface area contributed by atoms with Gasteiger partial charge in [0, 0.05) is 32.7 Å². The number of aryl methyl sites for hydroxylation is 1. The second-order valence-corrected chi connectivity index (χ2v) is 8.80. The maximum Gasteiger partial charge on any atom is 0.260 e. The van der Waals surface area contributed by atoms with Gasteiger partial charge in [0.25, 0.3) is 5.91 Å². The summed E-state index contributed by atoms with van der Waals surface area (Å²) < 4.78 is 8.08. The highest BCUT2D eigenvalue weighted by Gasteiger charge is 2.23. The molecule has 1 fully saturated rings. The molecule has 3 aromatic carbocycles. The van der Waals surface area contributed by atoms with E-state index in [1.54, 1.807) is 0 Å². The van der Waals surface area contributed by atoms with Crippen molar-refractivity contribution in [3.05, 3.63) is 95.8 Å². The predicted molar refractivity (Wildman–Crippen MR) is 134 cm³/mol. The van der Waals surface area contributed by atoms with Crippen LogP contribution in [0.3, 0.4) is 0 Å². The molecule has 1 aliphatic rings. The van der Waals surface area contributed by atoms with Crippen LogP contribution in [0, 0.1) is 6.92 Å². The largest absolute Gasteiger partial charge is 0.484 e. The van der Waals surface area contributed by atoms with Crippen molar-refractivity contribution in [3.63, 3.8) is 0 Å². The maximum atomic E-state index is 12.7. The molecule has 2 heterocycles. The average molecular weight is 455 g/mol. The molecule has 0 unspecified atom stereocenters. The van der Waals surface area contributed by atoms with Crippen molar-refractivity contribution < 1.29 is 9.53 Å². The summed E-state index contributed by atoms with van der Waals surface area (Å²) in [6.45, 7) is 6.69. The van der Waals surface area contributed by atoms with Crippen LogP contribution in [0.25, 0.3) is 11.0 Å².